The monoisotopic (exact) mass is 250 g/mol. The van der Waals surface area contributed by atoms with Crippen LogP contribution in [0, 0.1) is 6.92 Å². The lowest BCUT2D eigenvalue weighted by Gasteiger charge is -2.02. The number of hydrogen-bond acceptors (Lipinski definition) is 4. The van der Waals surface area contributed by atoms with Gasteiger partial charge in [-0.05, 0) is 13.3 Å². The molecule has 5 heteroatoms. The fourth-order valence-corrected chi connectivity index (χ4v) is 2.38. The van der Waals surface area contributed by atoms with Gasteiger partial charge in [-0.25, -0.2) is 4.98 Å². The van der Waals surface area contributed by atoms with E-state index in [0.717, 1.165) is 25.2 Å². The van der Waals surface area contributed by atoms with E-state index < -0.39 is 0 Å². The molecular weight excluding hydrogens is 232 g/mol. The van der Waals surface area contributed by atoms with E-state index in [0.29, 0.717) is 0 Å². The zero-order valence-electron chi connectivity index (χ0n) is 10.5. The molecule has 0 amide bonds. The fourth-order valence-electron chi connectivity index (χ4n) is 1.64. The molecular formula is C12H18N4S. The number of aromatic nitrogens is 3. The lowest BCUT2D eigenvalue weighted by molar-refractivity contribution is 0.674. The summed E-state index contributed by atoms with van der Waals surface area (Å²) in [5, 5.41) is 11.0. The summed E-state index contributed by atoms with van der Waals surface area (Å²) in [6.45, 7) is 5.89. The highest BCUT2D eigenvalue weighted by Crippen LogP contribution is 2.10. The lowest BCUT2D eigenvalue weighted by Crippen LogP contribution is -2.13. The van der Waals surface area contributed by atoms with Gasteiger partial charge in [0.05, 0.1) is 16.9 Å². The Balaban J connectivity index is 1.85. The summed E-state index contributed by atoms with van der Waals surface area (Å²) >= 11 is 1.74. The molecule has 2 heterocycles. The first-order valence-electron chi connectivity index (χ1n) is 5.82. The van der Waals surface area contributed by atoms with Crippen molar-refractivity contribution in [2.75, 3.05) is 0 Å². The van der Waals surface area contributed by atoms with Crippen LogP contribution < -0.4 is 5.32 Å². The highest BCUT2D eigenvalue weighted by atomic mass is 32.1. The van der Waals surface area contributed by atoms with Gasteiger partial charge in [-0.15, -0.1) is 11.3 Å². The first-order valence-corrected chi connectivity index (χ1v) is 6.70. The van der Waals surface area contributed by atoms with Crippen LogP contribution in [0.1, 0.15) is 28.9 Å². The van der Waals surface area contributed by atoms with Gasteiger partial charge in [0.2, 0.25) is 0 Å². The molecule has 0 aliphatic rings. The summed E-state index contributed by atoms with van der Waals surface area (Å²) in [7, 11) is 1.97. The lowest BCUT2D eigenvalue weighted by atomic mass is 10.2. The second-order valence-electron chi connectivity index (χ2n) is 4.07. The van der Waals surface area contributed by atoms with E-state index in [1.54, 1.807) is 11.3 Å². The minimum absolute atomic E-state index is 0.824. The largest absolute Gasteiger partial charge is 0.307 e. The van der Waals surface area contributed by atoms with Crippen molar-refractivity contribution in [3.05, 3.63) is 33.5 Å². The Labute approximate surface area is 106 Å². The van der Waals surface area contributed by atoms with Gasteiger partial charge < -0.3 is 5.32 Å². The van der Waals surface area contributed by atoms with Crippen LogP contribution in [-0.2, 0) is 26.6 Å². The number of nitrogens with one attached hydrogen (secondary N) is 1. The van der Waals surface area contributed by atoms with Gasteiger partial charge in [0.25, 0.3) is 0 Å². The van der Waals surface area contributed by atoms with Crippen LogP contribution in [-0.4, -0.2) is 14.8 Å². The van der Waals surface area contributed by atoms with Gasteiger partial charge in [-0.1, -0.05) is 6.92 Å². The molecule has 1 N–H and O–H groups in total. The number of nitrogens with zero attached hydrogens (tertiary/aromatic N) is 3. The van der Waals surface area contributed by atoms with Crippen molar-refractivity contribution in [3.63, 3.8) is 0 Å². The van der Waals surface area contributed by atoms with E-state index in [4.69, 9.17) is 0 Å². The summed E-state index contributed by atoms with van der Waals surface area (Å²) in [5.74, 6) is 0. The Kier molecular flexibility index (Phi) is 3.91. The summed E-state index contributed by atoms with van der Waals surface area (Å²) in [6.07, 6.45) is 2.94. The third kappa shape index (κ3) is 2.92. The molecule has 0 aliphatic carbocycles. The Hall–Kier alpha value is -1.20. The average molecular weight is 250 g/mol. The van der Waals surface area contributed by atoms with Crippen molar-refractivity contribution in [2.24, 2.45) is 7.05 Å². The minimum atomic E-state index is 0.824. The third-order valence-electron chi connectivity index (χ3n) is 2.86. The van der Waals surface area contributed by atoms with E-state index in [-0.39, 0.29) is 0 Å². The average Bonchev–Trinajstić information content (AvgIpc) is 2.90. The highest BCUT2D eigenvalue weighted by Gasteiger charge is 2.04. The molecule has 0 radical (unpaired) electrons. The maximum absolute atomic E-state index is 4.52. The van der Waals surface area contributed by atoms with E-state index in [9.17, 15) is 0 Å². The summed E-state index contributed by atoms with van der Waals surface area (Å²) in [5.41, 5.74) is 3.59. The minimum Gasteiger partial charge on any atom is -0.307 e. The van der Waals surface area contributed by atoms with Gasteiger partial charge in [0.15, 0.2) is 0 Å². The molecule has 2 aromatic rings. The Morgan fingerprint density at radius 1 is 1.41 bits per heavy atom. The topological polar surface area (TPSA) is 42.7 Å². The molecule has 0 aliphatic heterocycles. The second kappa shape index (κ2) is 5.42. The van der Waals surface area contributed by atoms with Crippen molar-refractivity contribution in [2.45, 2.75) is 33.4 Å². The predicted molar refractivity (Wildman–Crippen MR) is 70.0 cm³/mol. The van der Waals surface area contributed by atoms with Crippen LogP contribution in [0.5, 0.6) is 0 Å². The molecule has 0 bridgehead atoms. The first-order chi connectivity index (χ1) is 8.20. The van der Waals surface area contributed by atoms with E-state index in [2.05, 4.69) is 34.6 Å². The normalized spacial score (nSPS) is 11.0. The SMILES string of the molecule is CCc1nc(CNCc2cnn(C)c2C)cs1. The van der Waals surface area contributed by atoms with E-state index in [1.807, 2.05) is 17.9 Å². The molecule has 0 unspecified atom stereocenters. The van der Waals surface area contributed by atoms with Crippen molar-refractivity contribution in [1.82, 2.24) is 20.1 Å². The van der Waals surface area contributed by atoms with Gasteiger partial charge in [-0.2, -0.15) is 5.10 Å². The van der Waals surface area contributed by atoms with Crippen LogP contribution in [0.3, 0.4) is 0 Å². The smallest absolute Gasteiger partial charge is 0.0926 e. The van der Waals surface area contributed by atoms with E-state index >= 15 is 0 Å². The molecule has 4 nitrogen and oxygen atoms in total. The molecule has 0 spiro atoms. The molecule has 0 saturated heterocycles. The number of thiazole rings is 1. The third-order valence-corrected chi connectivity index (χ3v) is 3.90. The van der Waals surface area contributed by atoms with Crippen LogP contribution in [0.15, 0.2) is 11.6 Å². The summed E-state index contributed by atoms with van der Waals surface area (Å²) < 4.78 is 1.90. The first kappa shape index (κ1) is 12.3. The molecule has 0 saturated carbocycles. The number of aryl methyl sites for hydroxylation is 2. The van der Waals surface area contributed by atoms with Crippen LogP contribution >= 0.6 is 11.3 Å². The highest BCUT2D eigenvalue weighted by molar-refractivity contribution is 7.09. The molecule has 2 aromatic heterocycles. The van der Waals surface area contributed by atoms with Crippen LogP contribution in [0.2, 0.25) is 0 Å². The summed E-state index contributed by atoms with van der Waals surface area (Å²) in [4.78, 5) is 4.52. The van der Waals surface area contributed by atoms with Crippen LogP contribution in [0.25, 0.3) is 0 Å². The van der Waals surface area contributed by atoms with Gasteiger partial charge in [0.1, 0.15) is 0 Å². The standard InChI is InChI=1S/C12H18N4S/c1-4-12-15-11(8-17-12)7-13-5-10-6-14-16(3)9(10)2/h6,8,13H,4-5,7H2,1-3H3. The van der Waals surface area contributed by atoms with E-state index in [1.165, 1.54) is 16.3 Å². The van der Waals surface area contributed by atoms with Crippen molar-refractivity contribution < 1.29 is 0 Å². The predicted octanol–water partition coefficient (Wildman–Crippen LogP) is 2.04. The fraction of sp³-hybridized carbons (Fsp3) is 0.500. The molecule has 0 aromatic carbocycles. The Bertz CT molecular complexity index is 486. The Morgan fingerprint density at radius 3 is 2.82 bits per heavy atom. The van der Waals surface area contributed by atoms with Crippen molar-refractivity contribution >= 4 is 11.3 Å². The molecule has 17 heavy (non-hydrogen) atoms. The maximum atomic E-state index is 4.52. The van der Waals surface area contributed by atoms with Gasteiger partial charge >= 0.3 is 0 Å². The molecule has 92 valence electrons. The summed E-state index contributed by atoms with van der Waals surface area (Å²) in [6, 6.07) is 0. The molecule has 0 atom stereocenters. The molecule has 2 rings (SSSR count). The number of rotatable bonds is 5. The zero-order chi connectivity index (χ0) is 12.3. The Morgan fingerprint density at radius 2 is 2.24 bits per heavy atom. The number of hydrogen-bond donors (Lipinski definition) is 1. The van der Waals surface area contributed by atoms with Crippen LogP contribution in [0.4, 0.5) is 0 Å². The second-order valence-corrected chi connectivity index (χ2v) is 5.01. The zero-order valence-corrected chi connectivity index (χ0v) is 11.3. The quantitative estimate of drug-likeness (QED) is 0.883. The molecule has 0 fully saturated rings. The van der Waals surface area contributed by atoms with Crippen molar-refractivity contribution in [3.8, 4) is 0 Å². The van der Waals surface area contributed by atoms with Gasteiger partial charge in [0, 0.05) is 36.8 Å². The van der Waals surface area contributed by atoms with Crippen molar-refractivity contribution in [1.29, 1.82) is 0 Å². The van der Waals surface area contributed by atoms with Gasteiger partial charge in [-0.3, -0.25) is 4.68 Å². The maximum Gasteiger partial charge on any atom is 0.0926 e.